The van der Waals surface area contributed by atoms with Gasteiger partial charge >= 0.3 is 0 Å². The summed E-state index contributed by atoms with van der Waals surface area (Å²) in [5.41, 5.74) is 5.41. The first-order valence-corrected chi connectivity index (χ1v) is 10.3. The first-order valence-electron chi connectivity index (χ1n) is 9.55. The minimum absolute atomic E-state index is 0.0111. The van der Waals surface area contributed by atoms with Gasteiger partial charge in [0.15, 0.2) is 0 Å². The number of carbonyl (C=O) groups is 1. The summed E-state index contributed by atoms with van der Waals surface area (Å²) < 4.78 is 4.24. The minimum atomic E-state index is -0.646. The molecule has 4 rings (SSSR count). The van der Waals surface area contributed by atoms with Crippen LogP contribution in [0.2, 0.25) is 0 Å². The van der Waals surface area contributed by atoms with Crippen molar-refractivity contribution in [3.05, 3.63) is 53.1 Å². The van der Waals surface area contributed by atoms with Gasteiger partial charge in [0.25, 0.3) is 0 Å². The molecule has 0 spiro atoms. The lowest BCUT2D eigenvalue weighted by Crippen LogP contribution is -2.34. The summed E-state index contributed by atoms with van der Waals surface area (Å²) in [5, 5.41) is 14.1. The second kappa shape index (κ2) is 7.88. The SMILES string of the molecule is Cc1nsc(-c2ccc(C)c(NCC(=O)N3CCc4c3ccnc4C(C)O)c2)n1. The highest BCUT2D eigenvalue weighted by Crippen LogP contribution is 2.32. The number of rotatable bonds is 5. The van der Waals surface area contributed by atoms with Gasteiger partial charge in [-0.05, 0) is 56.4 Å². The zero-order valence-electron chi connectivity index (χ0n) is 16.6. The van der Waals surface area contributed by atoms with E-state index in [0.29, 0.717) is 18.7 Å². The van der Waals surface area contributed by atoms with Gasteiger partial charge in [-0.3, -0.25) is 9.78 Å². The molecule has 8 heteroatoms. The van der Waals surface area contributed by atoms with Crippen LogP contribution in [0.25, 0.3) is 10.6 Å². The molecule has 1 aromatic carbocycles. The third kappa shape index (κ3) is 3.86. The van der Waals surface area contributed by atoms with E-state index in [-0.39, 0.29) is 12.5 Å². The molecule has 0 fully saturated rings. The van der Waals surface area contributed by atoms with Crippen LogP contribution in [0.1, 0.15) is 35.7 Å². The molecule has 150 valence electrons. The van der Waals surface area contributed by atoms with E-state index in [2.05, 4.69) is 19.7 Å². The van der Waals surface area contributed by atoms with E-state index in [4.69, 9.17) is 0 Å². The second-order valence-corrected chi connectivity index (χ2v) is 7.95. The summed E-state index contributed by atoms with van der Waals surface area (Å²) in [6, 6.07) is 7.89. The van der Waals surface area contributed by atoms with E-state index < -0.39 is 6.10 Å². The number of fused-ring (bicyclic) bond motifs is 1. The number of nitrogens with zero attached hydrogens (tertiary/aromatic N) is 4. The quantitative estimate of drug-likeness (QED) is 0.672. The number of benzene rings is 1. The van der Waals surface area contributed by atoms with Gasteiger partial charge in [-0.1, -0.05) is 12.1 Å². The molecule has 0 saturated carbocycles. The lowest BCUT2D eigenvalue weighted by Gasteiger charge is -2.19. The summed E-state index contributed by atoms with van der Waals surface area (Å²) in [6.07, 6.45) is 1.71. The second-order valence-electron chi connectivity index (χ2n) is 7.20. The highest BCUT2D eigenvalue weighted by molar-refractivity contribution is 7.09. The Kier molecular flexibility index (Phi) is 5.29. The fourth-order valence-electron chi connectivity index (χ4n) is 3.60. The van der Waals surface area contributed by atoms with Crippen LogP contribution >= 0.6 is 11.5 Å². The Hall–Kier alpha value is -2.84. The highest BCUT2D eigenvalue weighted by atomic mass is 32.1. The molecule has 1 aliphatic rings. The van der Waals surface area contributed by atoms with Gasteiger partial charge in [0.2, 0.25) is 5.91 Å². The normalized spacial score (nSPS) is 14.0. The van der Waals surface area contributed by atoms with Gasteiger partial charge in [-0.25, -0.2) is 4.98 Å². The van der Waals surface area contributed by atoms with Gasteiger partial charge < -0.3 is 15.3 Å². The van der Waals surface area contributed by atoms with Crippen LogP contribution < -0.4 is 10.2 Å². The van der Waals surface area contributed by atoms with Crippen LogP contribution in [0.5, 0.6) is 0 Å². The van der Waals surface area contributed by atoms with Gasteiger partial charge in [-0.2, -0.15) is 4.37 Å². The number of aliphatic hydroxyl groups excluding tert-OH is 1. The first kappa shape index (κ1) is 19.5. The molecule has 0 saturated heterocycles. The average molecular weight is 410 g/mol. The smallest absolute Gasteiger partial charge is 0.246 e. The Morgan fingerprint density at radius 3 is 2.90 bits per heavy atom. The van der Waals surface area contributed by atoms with Gasteiger partial charge in [0.05, 0.1) is 24.0 Å². The molecule has 0 radical (unpaired) electrons. The molecule has 29 heavy (non-hydrogen) atoms. The molecule has 3 heterocycles. The fraction of sp³-hybridized carbons (Fsp3) is 0.333. The topological polar surface area (TPSA) is 91.2 Å². The van der Waals surface area contributed by atoms with E-state index in [1.165, 1.54) is 11.5 Å². The molecule has 1 amide bonds. The van der Waals surface area contributed by atoms with Crippen LogP contribution in [0, 0.1) is 13.8 Å². The number of amides is 1. The van der Waals surface area contributed by atoms with Crippen molar-refractivity contribution < 1.29 is 9.90 Å². The Labute approximate surface area is 173 Å². The van der Waals surface area contributed by atoms with Crippen molar-refractivity contribution in [2.24, 2.45) is 0 Å². The largest absolute Gasteiger partial charge is 0.387 e. The molecule has 3 aromatic rings. The zero-order chi connectivity index (χ0) is 20.5. The van der Waals surface area contributed by atoms with E-state index in [0.717, 1.165) is 38.9 Å². The van der Waals surface area contributed by atoms with Crippen molar-refractivity contribution in [1.82, 2.24) is 14.3 Å². The summed E-state index contributed by atoms with van der Waals surface area (Å²) in [6.45, 7) is 6.37. The number of aryl methyl sites for hydroxylation is 2. The maximum absolute atomic E-state index is 12.9. The van der Waals surface area contributed by atoms with Crippen molar-refractivity contribution in [1.29, 1.82) is 0 Å². The van der Waals surface area contributed by atoms with Crippen molar-refractivity contribution in [3.8, 4) is 10.6 Å². The summed E-state index contributed by atoms with van der Waals surface area (Å²) in [5.74, 6) is 0.747. The van der Waals surface area contributed by atoms with Crippen molar-refractivity contribution >= 4 is 28.8 Å². The molecule has 7 nitrogen and oxygen atoms in total. The number of anilines is 2. The predicted molar refractivity (Wildman–Crippen MR) is 114 cm³/mol. The third-order valence-corrected chi connectivity index (χ3v) is 5.93. The predicted octanol–water partition coefficient (Wildman–Crippen LogP) is 3.27. The van der Waals surface area contributed by atoms with Crippen LogP contribution in [-0.4, -0.2) is 38.4 Å². The lowest BCUT2D eigenvalue weighted by molar-refractivity contribution is -0.116. The molecular formula is C21H23N5O2S. The molecule has 1 atom stereocenters. The van der Waals surface area contributed by atoms with Crippen LogP contribution in [0.15, 0.2) is 30.5 Å². The Balaban J connectivity index is 1.50. The molecule has 2 aromatic heterocycles. The van der Waals surface area contributed by atoms with Crippen LogP contribution in [0.3, 0.4) is 0 Å². The average Bonchev–Trinajstić information content (AvgIpc) is 3.33. The summed E-state index contributed by atoms with van der Waals surface area (Å²) in [7, 11) is 0. The maximum Gasteiger partial charge on any atom is 0.246 e. The zero-order valence-corrected chi connectivity index (χ0v) is 17.5. The molecule has 1 unspecified atom stereocenters. The number of aromatic nitrogens is 3. The molecular weight excluding hydrogens is 386 g/mol. The minimum Gasteiger partial charge on any atom is -0.387 e. The van der Waals surface area contributed by atoms with Gasteiger partial charge in [-0.15, -0.1) is 0 Å². The summed E-state index contributed by atoms with van der Waals surface area (Å²) >= 11 is 1.37. The van der Waals surface area contributed by atoms with E-state index in [1.54, 1.807) is 18.0 Å². The molecule has 1 aliphatic heterocycles. The van der Waals surface area contributed by atoms with Gasteiger partial charge in [0, 0.05) is 29.6 Å². The maximum atomic E-state index is 12.9. The third-order valence-electron chi connectivity index (χ3n) is 5.08. The van der Waals surface area contributed by atoms with E-state index in [9.17, 15) is 9.90 Å². The Bertz CT molecular complexity index is 1060. The molecule has 0 bridgehead atoms. The first-order chi connectivity index (χ1) is 13.9. The Morgan fingerprint density at radius 2 is 2.17 bits per heavy atom. The number of pyridine rings is 1. The highest BCUT2D eigenvalue weighted by Gasteiger charge is 2.28. The number of hydrogen-bond donors (Lipinski definition) is 2. The monoisotopic (exact) mass is 409 g/mol. The summed E-state index contributed by atoms with van der Waals surface area (Å²) in [4.78, 5) is 23.4. The van der Waals surface area contributed by atoms with Gasteiger partial charge in [0.1, 0.15) is 10.8 Å². The van der Waals surface area contributed by atoms with Crippen molar-refractivity contribution in [2.45, 2.75) is 33.3 Å². The molecule has 2 N–H and O–H groups in total. The van der Waals surface area contributed by atoms with Crippen LogP contribution in [-0.2, 0) is 11.2 Å². The van der Waals surface area contributed by atoms with Crippen molar-refractivity contribution in [3.63, 3.8) is 0 Å². The number of hydrogen-bond acceptors (Lipinski definition) is 7. The van der Waals surface area contributed by atoms with E-state index in [1.807, 2.05) is 38.1 Å². The standard InChI is InChI=1S/C21H23N5O2S/c1-12-4-5-15(21-24-14(3)25-29-21)10-17(12)23-11-19(28)26-9-7-16-18(26)6-8-22-20(16)13(2)27/h4-6,8,10,13,23,27H,7,9,11H2,1-3H3. The van der Waals surface area contributed by atoms with E-state index >= 15 is 0 Å². The fourth-order valence-corrected chi connectivity index (χ4v) is 4.26. The Morgan fingerprint density at radius 1 is 1.34 bits per heavy atom. The number of aliphatic hydroxyl groups is 1. The van der Waals surface area contributed by atoms with Crippen LogP contribution in [0.4, 0.5) is 11.4 Å². The molecule has 0 aliphatic carbocycles. The number of carbonyl (C=O) groups excluding carboxylic acids is 1. The number of nitrogens with one attached hydrogen (secondary N) is 1. The van der Waals surface area contributed by atoms with Crippen molar-refractivity contribution in [2.75, 3.05) is 23.3 Å². The lowest BCUT2D eigenvalue weighted by atomic mass is 10.1.